The summed E-state index contributed by atoms with van der Waals surface area (Å²) in [6.07, 6.45) is 4.64. The smallest absolute Gasteiger partial charge is 0.373 e. The molecule has 130 valence electrons. The maximum absolute atomic E-state index is 6.98. The fraction of sp³-hybridized carbons (Fsp3) is 0.667. The van der Waals surface area contributed by atoms with Crippen molar-refractivity contribution in [3.8, 4) is 0 Å². The van der Waals surface area contributed by atoms with Crippen molar-refractivity contribution in [3.05, 3.63) is 35.9 Å². The molecule has 1 fully saturated rings. The van der Waals surface area contributed by atoms with Gasteiger partial charge in [-0.15, -0.1) is 0 Å². The second-order valence-electron chi connectivity index (χ2n) is 6.61. The first kappa shape index (κ1) is 18.6. The number of methoxy groups -OCH3 is 1. The number of hydrogen-bond acceptors (Lipinski definition) is 4. The van der Waals surface area contributed by atoms with E-state index in [4.69, 9.17) is 19.3 Å². The van der Waals surface area contributed by atoms with Gasteiger partial charge in [0.05, 0.1) is 0 Å². The van der Waals surface area contributed by atoms with Crippen LogP contribution >= 0.6 is 0 Å². The van der Waals surface area contributed by atoms with Gasteiger partial charge in [0.2, 0.25) is 0 Å². The van der Waals surface area contributed by atoms with Crippen LogP contribution in [0.25, 0.3) is 0 Å². The van der Waals surface area contributed by atoms with E-state index in [0.29, 0.717) is 0 Å². The Balaban J connectivity index is 2.55. The zero-order valence-electron chi connectivity index (χ0n) is 14.9. The van der Waals surface area contributed by atoms with Gasteiger partial charge in [-0.2, -0.15) is 0 Å². The summed E-state index contributed by atoms with van der Waals surface area (Å²) in [6.45, 7) is 2.18. The summed E-state index contributed by atoms with van der Waals surface area (Å²) in [4.78, 5) is 0. The van der Waals surface area contributed by atoms with Gasteiger partial charge in [0, 0.05) is 33.3 Å². The molecule has 1 saturated heterocycles. The Kier molecular flexibility index (Phi) is 6.03. The molecule has 23 heavy (non-hydrogen) atoms. The van der Waals surface area contributed by atoms with Crippen LogP contribution in [-0.4, -0.2) is 40.7 Å². The molecule has 1 aromatic carbocycles. The van der Waals surface area contributed by atoms with Crippen LogP contribution < -0.4 is 5.73 Å². The van der Waals surface area contributed by atoms with Gasteiger partial charge < -0.3 is 19.3 Å². The molecule has 0 aliphatic carbocycles. The van der Waals surface area contributed by atoms with Crippen molar-refractivity contribution in [1.82, 2.24) is 0 Å². The van der Waals surface area contributed by atoms with E-state index in [1.54, 1.807) is 21.3 Å². The van der Waals surface area contributed by atoms with Crippen molar-refractivity contribution < 1.29 is 13.6 Å². The standard InChI is InChI=1S/C18H31NO3Si/c1-5-12-17(19)13-9-14-23(21-3,22-4)18(17,20-2)15-16-10-7-6-8-11-16/h6-8,10-11H,5,9,12-15,19H2,1-4H3. The van der Waals surface area contributed by atoms with Crippen LogP contribution in [0.2, 0.25) is 6.04 Å². The fourth-order valence-corrected chi connectivity index (χ4v) is 8.51. The maximum atomic E-state index is 6.98. The SMILES string of the molecule is CCCC1(N)CCC[Si](OC)(OC)C1(Cc1ccccc1)OC. The number of nitrogens with two attached hydrogens (primary N) is 1. The summed E-state index contributed by atoms with van der Waals surface area (Å²) in [5.41, 5.74) is 7.77. The lowest BCUT2D eigenvalue weighted by molar-refractivity contribution is -0.0643. The maximum Gasteiger partial charge on any atom is 0.373 e. The number of rotatable bonds is 7. The second kappa shape index (κ2) is 7.45. The highest BCUT2D eigenvalue weighted by molar-refractivity contribution is 6.71. The normalized spacial score (nSPS) is 30.3. The van der Waals surface area contributed by atoms with Crippen LogP contribution in [0.3, 0.4) is 0 Å². The first-order valence-electron chi connectivity index (χ1n) is 8.51. The summed E-state index contributed by atoms with van der Waals surface area (Å²) in [6, 6.07) is 11.3. The monoisotopic (exact) mass is 337 g/mol. The molecule has 1 aliphatic heterocycles. The van der Waals surface area contributed by atoms with Crippen LogP contribution in [0, 0.1) is 0 Å². The molecule has 0 aromatic heterocycles. The van der Waals surface area contributed by atoms with Crippen LogP contribution in [0.1, 0.15) is 38.2 Å². The largest absolute Gasteiger partial charge is 0.396 e. The van der Waals surface area contributed by atoms with Gasteiger partial charge in [0.25, 0.3) is 0 Å². The van der Waals surface area contributed by atoms with Gasteiger partial charge in [-0.3, -0.25) is 0 Å². The summed E-state index contributed by atoms with van der Waals surface area (Å²) >= 11 is 0. The Morgan fingerprint density at radius 3 is 2.30 bits per heavy atom. The summed E-state index contributed by atoms with van der Waals surface area (Å²) in [5.74, 6) is 0. The van der Waals surface area contributed by atoms with E-state index in [1.807, 2.05) is 6.07 Å². The van der Waals surface area contributed by atoms with Gasteiger partial charge in [0.1, 0.15) is 5.22 Å². The highest BCUT2D eigenvalue weighted by Gasteiger charge is 2.68. The quantitative estimate of drug-likeness (QED) is 0.777. The van der Waals surface area contributed by atoms with E-state index in [9.17, 15) is 0 Å². The molecule has 1 aromatic rings. The zero-order chi connectivity index (χ0) is 17.0. The third-order valence-corrected chi connectivity index (χ3v) is 9.99. The average Bonchev–Trinajstić information content (AvgIpc) is 2.58. The van der Waals surface area contributed by atoms with E-state index in [1.165, 1.54) is 5.56 Å². The molecule has 4 nitrogen and oxygen atoms in total. The topological polar surface area (TPSA) is 53.7 Å². The summed E-state index contributed by atoms with van der Waals surface area (Å²) < 4.78 is 18.4. The zero-order valence-corrected chi connectivity index (χ0v) is 15.9. The number of hydrogen-bond donors (Lipinski definition) is 1. The van der Waals surface area contributed by atoms with Gasteiger partial charge >= 0.3 is 8.56 Å². The molecule has 0 radical (unpaired) electrons. The highest BCUT2D eigenvalue weighted by atomic mass is 28.4. The molecule has 2 unspecified atom stereocenters. The minimum Gasteiger partial charge on any atom is -0.396 e. The van der Waals surface area contributed by atoms with Crippen molar-refractivity contribution >= 4 is 8.56 Å². The molecule has 1 heterocycles. The lowest BCUT2D eigenvalue weighted by Gasteiger charge is -2.57. The van der Waals surface area contributed by atoms with Gasteiger partial charge in [0.15, 0.2) is 0 Å². The highest BCUT2D eigenvalue weighted by Crippen LogP contribution is 2.48. The molecule has 0 amide bonds. The van der Waals surface area contributed by atoms with Crippen molar-refractivity contribution in [2.24, 2.45) is 5.73 Å². The molecule has 2 rings (SSSR count). The van der Waals surface area contributed by atoms with Crippen LogP contribution in [0.4, 0.5) is 0 Å². The minimum absolute atomic E-state index is 0.428. The van der Waals surface area contributed by atoms with Crippen molar-refractivity contribution in [3.63, 3.8) is 0 Å². The predicted octanol–water partition coefficient (Wildman–Crippen LogP) is 3.18. The molecule has 2 N–H and O–H groups in total. The number of ether oxygens (including phenoxy) is 1. The van der Waals surface area contributed by atoms with Crippen LogP contribution in [-0.2, 0) is 20.0 Å². The van der Waals surface area contributed by atoms with Gasteiger partial charge in [-0.1, -0.05) is 43.7 Å². The third kappa shape index (κ3) is 3.01. The van der Waals surface area contributed by atoms with Gasteiger partial charge in [-0.05, 0) is 30.9 Å². The van der Waals surface area contributed by atoms with Crippen molar-refractivity contribution in [2.75, 3.05) is 21.3 Å². The Morgan fingerprint density at radius 1 is 1.13 bits per heavy atom. The number of benzene rings is 1. The molecule has 0 saturated carbocycles. The lowest BCUT2D eigenvalue weighted by Crippen LogP contribution is -2.79. The second-order valence-corrected chi connectivity index (χ2v) is 10.2. The molecule has 0 bridgehead atoms. The third-order valence-electron chi connectivity index (χ3n) is 5.55. The van der Waals surface area contributed by atoms with Crippen LogP contribution in [0.15, 0.2) is 30.3 Å². The molecule has 5 heteroatoms. The first-order chi connectivity index (χ1) is 11.0. The van der Waals surface area contributed by atoms with Crippen molar-refractivity contribution in [2.45, 2.75) is 55.8 Å². The minimum atomic E-state index is -2.61. The Morgan fingerprint density at radius 2 is 1.78 bits per heavy atom. The van der Waals surface area contributed by atoms with E-state index >= 15 is 0 Å². The van der Waals surface area contributed by atoms with Gasteiger partial charge in [-0.25, -0.2) is 0 Å². The first-order valence-corrected chi connectivity index (χ1v) is 10.5. The Hall–Kier alpha value is -0.723. The molecule has 1 aliphatic rings. The summed E-state index contributed by atoms with van der Waals surface area (Å²) in [5, 5.41) is -0.584. The predicted molar refractivity (Wildman–Crippen MR) is 95.5 cm³/mol. The van der Waals surface area contributed by atoms with E-state index < -0.39 is 19.3 Å². The lowest BCUT2D eigenvalue weighted by atomic mass is 9.80. The van der Waals surface area contributed by atoms with E-state index in [2.05, 4.69) is 31.2 Å². The molecular weight excluding hydrogens is 306 g/mol. The van der Waals surface area contributed by atoms with E-state index in [0.717, 1.165) is 38.1 Å². The van der Waals surface area contributed by atoms with Crippen molar-refractivity contribution in [1.29, 1.82) is 0 Å². The van der Waals surface area contributed by atoms with E-state index in [-0.39, 0.29) is 0 Å². The Bertz CT molecular complexity index is 490. The average molecular weight is 338 g/mol. The molecule has 0 spiro atoms. The fourth-order valence-electron chi connectivity index (χ4n) is 4.43. The summed E-state index contributed by atoms with van der Waals surface area (Å²) in [7, 11) is 2.67. The van der Waals surface area contributed by atoms with Crippen LogP contribution in [0.5, 0.6) is 0 Å². The molecule has 2 atom stereocenters. The Labute approximate surface area is 141 Å². The molecular formula is C18H31NO3Si.